The van der Waals surface area contributed by atoms with Crippen LogP contribution in [0.4, 0.5) is 0 Å². The summed E-state index contributed by atoms with van der Waals surface area (Å²) in [5.74, 6) is 1.30. The highest BCUT2D eigenvalue weighted by molar-refractivity contribution is 5.78. The van der Waals surface area contributed by atoms with Gasteiger partial charge in [0.15, 0.2) is 5.96 Å². The van der Waals surface area contributed by atoms with Gasteiger partial charge in [-0.25, -0.2) is 0 Å². The Hall–Kier alpha value is -0.770. The first-order chi connectivity index (χ1) is 6.27. The van der Waals surface area contributed by atoms with Crippen LogP contribution >= 0.6 is 0 Å². The summed E-state index contributed by atoms with van der Waals surface area (Å²) in [7, 11) is 1.74. The molecule has 1 unspecified atom stereocenters. The Balaban J connectivity index is 2.36. The molecule has 1 heterocycles. The van der Waals surface area contributed by atoms with Crippen LogP contribution < -0.4 is 5.73 Å². The number of nitrogens with two attached hydrogens (primary N) is 1. The number of hydrogen-bond donors (Lipinski definition) is 1. The Morgan fingerprint density at radius 3 is 3.08 bits per heavy atom. The van der Waals surface area contributed by atoms with E-state index in [2.05, 4.69) is 9.89 Å². The van der Waals surface area contributed by atoms with Gasteiger partial charge in [-0.2, -0.15) is 0 Å². The molecule has 0 saturated carbocycles. The summed E-state index contributed by atoms with van der Waals surface area (Å²) in [5.41, 5.74) is 5.78. The Morgan fingerprint density at radius 2 is 2.46 bits per heavy atom. The number of rotatable bonds is 3. The first-order valence-corrected chi connectivity index (χ1v) is 4.81. The van der Waals surface area contributed by atoms with Crippen LogP contribution in [0.1, 0.15) is 13.3 Å². The number of ether oxygens (including phenoxy) is 1. The monoisotopic (exact) mass is 185 g/mol. The molecule has 0 spiro atoms. The molecule has 0 aromatic heterocycles. The van der Waals surface area contributed by atoms with Crippen LogP contribution in [0.25, 0.3) is 0 Å². The molecule has 0 aromatic rings. The quantitative estimate of drug-likeness (QED) is 0.508. The van der Waals surface area contributed by atoms with Crippen molar-refractivity contribution >= 4 is 5.96 Å². The maximum atomic E-state index is 5.78. The van der Waals surface area contributed by atoms with Crippen LogP contribution in [-0.2, 0) is 4.74 Å². The lowest BCUT2D eigenvalue weighted by molar-refractivity contribution is 0.157. The van der Waals surface area contributed by atoms with Crippen LogP contribution in [0.3, 0.4) is 0 Å². The van der Waals surface area contributed by atoms with Gasteiger partial charge in [0.25, 0.3) is 0 Å². The summed E-state index contributed by atoms with van der Waals surface area (Å²) in [5, 5.41) is 0. The Bertz CT molecular complexity index is 182. The molecular formula is C9H19N3O. The van der Waals surface area contributed by atoms with Gasteiger partial charge in [0.2, 0.25) is 0 Å². The molecule has 1 atom stereocenters. The molecule has 0 aliphatic carbocycles. The molecule has 0 radical (unpaired) electrons. The van der Waals surface area contributed by atoms with Crippen molar-refractivity contribution in [2.45, 2.75) is 13.3 Å². The van der Waals surface area contributed by atoms with Crippen LogP contribution in [0.15, 0.2) is 4.99 Å². The largest absolute Gasteiger partial charge is 0.384 e. The number of hydrogen-bond acceptors (Lipinski definition) is 2. The molecule has 4 nitrogen and oxygen atoms in total. The summed E-state index contributed by atoms with van der Waals surface area (Å²) in [6.07, 6.45) is 1.16. The van der Waals surface area contributed by atoms with Crippen LogP contribution in [0.5, 0.6) is 0 Å². The van der Waals surface area contributed by atoms with Crippen molar-refractivity contribution in [1.29, 1.82) is 0 Å². The van der Waals surface area contributed by atoms with Crippen molar-refractivity contribution in [2.24, 2.45) is 16.6 Å². The van der Waals surface area contributed by atoms with Crippen molar-refractivity contribution in [1.82, 2.24) is 4.90 Å². The number of methoxy groups -OCH3 is 1. The van der Waals surface area contributed by atoms with E-state index in [9.17, 15) is 0 Å². The predicted octanol–water partition coefficient (Wildman–Crippen LogP) is 0.289. The van der Waals surface area contributed by atoms with Crippen molar-refractivity contribution in [3.8, 4) is 0 Å². The fraction of sp³-hybridized carbons (Fsp3) is 0.889. The second kappa shape index (κ2) is 5.07. The number of likely N-dealkylation sites (tertiary alicyclic amines) is 1. The first kappa shape index (κ1) is 10.3. The van der Waals surface area contributed by atoms with Crippen LogP contribution in [0, 0.1) is 5.92 Å². The maximum Gasteiger partial charge on any atom is 0.191 e. The minimum atomic E-state index is 0.621. The zero-order valence-electron chi connectivity index (χ0n) is 8.49. The average Bonchev–Trinajstić information content (AvgIpc) is 2.54. The van der Waals surface area contributed by atoms with E-state index < -0.39 is 0 Å². The first-order valence-electron chi connectivity index (χ1n) is 4.81. The van der Waals surface area contributed by atoms with E-state index >= 15 is 0 Å². The van der Waals surface area contributed by atoms with Gasteiger partial charge < -0.3 is 15.4 Å². The molecule has 1 fully saturated rings. The highest BCUT2D eigenvalue weighted by atomic mass is 16.5. The van der Waals surface area contributed by atoms with Crippen molar-refractivity contribution in [2.75, 3.05) is 33.4 Å². The predicted molar refractivity (Wildman–Crippen MR) is 53.7 cm³/mol. The SMILES string of the molecule is CCN=C(N)N1CCC(COC)C1. The average molecular weight is 185 g/mol. The molecule has 13 heavy (non-hydrogen) atoms. The minimum Gasteiger partial charge on any atom is -0.384 e. The smallest absolute Gasteiger partial charge is 0.191 e. The number of guanidine groups is 1. The van der Waals surface area contributed by atoms with Crippen molar-refractivity contribution < 1.29 is 4.74 Å². The van der Waals surface area contributed by atoms with E-state index in [1.54, 1.807) is 7.11 Å². The minimum absolute atomic E-state index is 0.621. The van der Waals surface area contributed by atoms with E-state index in [0.29, 0.717) is 11.9 Å². The molecule has 1 saturated heterocycles. The summed E-state index contributed by atoms with van der Waals surface area (Å²) >= 11 is 0. The molecule has 1 aliphatic rings. The Kier molecular flexibility index (Phi) is 4.02. The zero-order chi connectivity index (χ0) is 9.68. The number of aliphatic imine (C=N–C) groups is 1. The standard InChI is InChI=1S/C9H19N3O/c1-3-11-9(10)12-5-4-8(6-12)7-13-2/h8H,3-7H2,1-2H3,(H2,10,11). The second-order valence-electron chi connectivity index (χ2n) is 3.39. The zero-order valence-corrected chi connectivity index (χ0v) is 8.49. The van der Waals surface area contributed by atoms with Gasteiger partial charge in [0.1, 0.15) is 0 Å². The van der Waals surface area contributed by atoms with Crippen LogP contribution in [-0.4, -0.2) is 44.2 Å². The van der Waals surface area contributed by atoms with E-state index in [-0.39, 0.29) is 0 Å². The summed E-state index contributed by atoms with van der Waals surface area (Å²) in [6.45, 7) is 5.59. The molecule has 1 rings (SSSR count). The normalized spacial score (nSPS) is 24.0. The van der Waals surface area contributed by atoms with Gasteiger partial charge >= 0.3 is 0 Å². The third kappa shape index (κ3) is 2.88. The Morgan fingerprint density at radius 1 is 1.69 bits per heavy atom. The molecular weight excluding hydrogens is 166 g/mol. The molecule has 0 amide bonds. The van der Waals surface area contributed by atoms with E-state index in [4.69, 9.17) is 10.5 Å². The molecule has 0 bridgehead atoms. The van der Waals surface area contributed by atoms with E-state index in [0.717, 1.165) is 32.7 Å². The van der Waals surface area contributed by atoms with Gasteiger partial charge in [-0.3, -0.25) is 4.99 Å². The van der Waals surface area contributed by atoms with Crippen molar-refractivity contribution in [3.05, 3.63) is 0 Å². The van der Waals surface area contributed by atoms with E-state index in [1.165, 1.54) is 0 Å². The van der Waals surface area contributed by atoms with Crippen molar-refractivity contribution in [3.63, 3.8) is 0 Å². The molecule has 4 heteroatoms. The third-order valence-corrected chi connectivity index (χ3v) is 2.33. The topological polar surface area (TPSA) is 50.8 Å². The summed E-state index contributed by atoms with van der Waals surface area (Å²) in [6, 6.07) is 0. The summed E-state index contributed by atoms with van der Waals surface area (Å²) in [4.78, 5) is 6.31. The van der Waals surface area contributed by atoms with Gasteiger partial charge in [0, 0.05) is 32.7 Å². The second-order valence-corrected chi connectivity index (χ2v) is 3.39. The molecule has 76 valence electrons. The lowest BCUT2D eigenvalue weighted by Crippen LogP contribution is -2.35. The van der Waals surface area contributed by atoms with Gasteiger partial charge in [-0.15, -0.1) is 0 Å². The fourth-order valence-electron chi connectivity index (χ4n) is 1.67. The highest BCUT2D eigenvalue weighted by Gasteiger charge is 2.23. The lowest BCUT2D eigenvalue weighted by Gasteiger charge is -2.16. The fourth-order valence-corrected chi connectivity index (χ4v) is 1.67. The van der Waals surface area contributed by atoms with E-state index in [1.807, 2.05) is 6.92 Å². The highest BCUT2D eigenvalue weighted by Crippen LogP contribution is 2.15. The molecule has 1 aliphatic heterocycles. The molecule has 0 aromatic carbocycles. The lowest BCUT2D eigenvalue weighted by atomic mass is 10.1. The van der Waals surface area contributed by atoms with Gasteiger partial charge in [0.05, 0.1) is 6.61 Å². The molecule has 2 N–H and O–H groups in total. The number of nitrogens with zero attached hydrogens (tertiary/aromatic N) is 2. The maximum absolute atomic E-state index is 5.78. The van der Waals surface area contributed by atoms with Gasteiger partial charge in [-0.1, -0.05) is 0 Å². The van der Waals surface area contributed by atoms with Gasteiger partial charge in [-0.05, 0) is 13.3 Å². The summed E-state index contributed by atoms with van der Waals surface area (Å²) < 4.78 is 5.11. The third-order valence-electron chi connectivity index (χ3n) is 2.33. The van der Waals surface area contributed by atoms with Crippen LogP contribution in [0.2, 0.25) is 0 Å². The Labute approximate surface area is 79.8 Å².